The third-order valence-corrected chi connectivity index (χ3v) is 4.80. The normalized spacial score (nSPS) is 13.1. The summed E-state index contributed by atoms with van der Waals surface area (Å²) in [7, 11) is 4.22. The Bertz CT molecular complexity index is 648. The summed E-state index contributed by atoms with van der Waals surface area (Å²) in [4.78, 5) is 4.61. The van der Waals surface area contributed by atoms with E-state index >= 15 is 0 Å². The molecule has 0 saturated carbocycles. The predicted octanol–water partition coefficient (Wildman–Crippen LogP) is 5.60. The second-order valence-corrected chi connectivity index (χ2v) is 7.23. The van der Waals surface area contributed by atoms with E-state index in [0.717, 1.165) is 42.4 Å². The van der Waals surface area contributed by atoms with Crippen molar-refractivity contribution in [1.82, 2.24) is 4.90 Å². The number of aryl methyl sites for hydroxylation is 2. The van der Waals surface area contributed by atoms with Gasteiger partial charge in [-0.25, -0.2) is 0 Å². The molecule has 0 fully saturated rings. The van der Waals surface area contributed by atoms with Crippen molar-refractivity contribution in [3.8, 4) is 0 Å². The lowest BCUT2D eigenvalue weighted by atomic mass is 10.0. The maximum absolute atomic E-state index is 6.28. The van der Waals surface area contributed by atoms with Crippen molar-refractivity contribution in [2.75, 3.05) is 32.1 Å². The summed E-state index contributed by atoms with van der Waals surface area (Å²) in [5.41, 5.74) is 5.15. The predicted molar refractivity (Wildman–Crippen MR) is 108 cm³/mol. The third kappa shape index (κ3) is 4.37. The molecule has 2 aromatic carbocycles. The molecular weight excluding hydrogens is 363 g/mol. The van der Waals surface area contributed by atoms with E-state index in [1.54, 1.807) is 0 Å². The molecule has 1 aliphatic rings. The van der Waals surface area contributed by atoms with Crippen LogP contribution in [0.15, 0.2) is 36.4 Å². The number of rotatable bonds is 4. The molecule has 0 N–H and O–H groups in total. The molecule has 3 rings (SSSR count). The van der Waals surface area contributed by atoms with Crippen LogP contribution in [0, 0.1) is 0 Å². The van der Waals surface area contributed by atoms with Gasteiger partial charge in [0, 0.05) is 28.0 Å². The van der Waals surface area contributed by atoms with Gasteiger partial charge in [-0.2, -0.15) is 0 Å². The molecule has 130 valence electrons. The minimum absolute atomic E-state index is 0. The molecule has 0 radical (unpaired) electrons. The number of halogens is 3. The van der Waals surface area contributed by atoms with Crippen LogP contribution in [-0.4, -0.2) is 32.1 Å². The SMILES string of the molecule is CN(C)CCCN1c2cc(Cl)ccc2CCc2ccc(Cl)cc21.Cl. The summed E-state index contributed by atoms with van der Waals surface area (Å²) >= 11 is 12.6. The summed E-state index contributed by atoms with van der Waals surface area (Å²) in [5, 5.41) is 1.57. The summed E-state index contributed by atoms with van der Waals surface area (Å²) in [6.07, 6.45) is 3.15. The Morgan fingerprint density at radius 1 is 0.917 bits per heavy atom. The number of benzene rings is 2. The molecule has 0 amide bonds. The molecule has 0 unspecified atom stereocenters. The lowest BCUT2D eigenvalue weighted by Gasteiger charge is -2.28. The van der Waals surface area contributed by atoms with E-state index in [-0.39, 0.29) is 12.4 Å². The second kappa shape index (κ2) is 8.44. The highest BCUT2D eigenvalue weighted by Gasteiger charge is 2.21. The summed E-state index contributed by atoms with van der Waals surface area (Å²) in [6, 6.07) is 12.5. The van der Waals surface area contributed by atoms with Crippen molar-refractivity contribution < 1.29 is 0 Å². The third-order valence-electron chi connectivity index (χ3n) is 4.33. The quantitative estimate of drug-likeness (QED) is 0.675. The molecule has 2 nitrogen and oxygen atoms in total. The highest BCUT2D eigenvalue weighted by atomic mass is 35.5. The van der Waals surface area contributed by atoms with Crippen LogP contribution in [0.25, 0.3) is 0 Å². The zero-order valence-electron chi connectivity index (χ0n) is 14.1. The molecule has 0 aliphatic carbocycles. The van der Waals surface area contributed by atoms with E-state index in [1.165, 1.54) is 22.5 Å². The average Bonchev–Trinajstić information content (AvgIpc) is 2.64. The molecule has 0 bridgehead atoms. The van der Waals surface area contributed by atoms with Crippen molar-refractivity contribution in [2.45, 2.75) is 19.3 Å². The van der Waals surface area contributed by atoms with Crippen LogP contribution >= 0.6 is 35.6 Å². The first-order valence-corrected chi connectivity index (χ1v) is 8.79. The lowest BCUT2D eigenvalue weighted by molar-refractivity contribution is 0.402. The molecule has 0 atom stereocenters. The molecule has 1 aliphatic heterocycles. The Balaban J connectivity index is 0.00000208. The highest BCUT2D eigenvalue weighted by Crippen LogP contribution is 2.38. The Kier molecular flexibility index (Phi) is 6.82. The summed E-state index contributed by atoms with van der Waals surface area (Å²) < 4.78 is 0. The number of nitrogens with zero attached hydrogens (tertiary/aromatic N) is 2. The van der Waals surface area contributed by atoms with Crippen LogP contribution in [0.4, 0.5) is 11.4 Å². The van der Waals surface area contributed by atoms with Gasteiger partial charge in [0.1, 0.15) is 0 Å². The Hall–Kier alpha value is -0.930. The van der Waals surface area contributed by atoms with Gasteiger partial charge in [-0.15, -0.1) is 12.4 Å². The van der Waals surface area contributed by atoms with E-state index in [4.69, 9.17) is 23.2 Å². The zero-order chi connectivity index (χ0) is 16.4. The second-order valence-electron chi connectivity index (χ2n) is 6.35. The van der Waals surface area contributed by atoms with Gasteiger partial charge in [-0.3, -0.25) is 0 Å². The zero-order valence-corrected chi connectivity index (χ0v) is 16.4. The number of hydrogen-bond donors (Lipinski definition) is 0. The molecule has 24 heavy (non-hydrogen) atoms. The van der Waals surface area contributed by atoms with E-state index in [9.17, 15) is 0 Å². The van der Waals surface area contributed by atoms with Crippen molar-refractivity contribution in [2.24, 2.45) is 0 Å². The Labute approximate surface area is 160 Å². The summed E-state index contributed by atoms with van der Waals surface area (Å²) in [5.74, 6) is 0. The average molecular weight is 386 g/mol. The van der Waals surface area contributed by atoms with Crippen LogP contribution < -0.4 is 4.90 Å². The monoisotopic (exact) mass is 384 g/mol. The van der Waals surface area contributed by atoms with Crippen LogP contribution in [0.5, 0.6) is 0 Å². The molecule has 1 heterocycles. The van der Waals surface area contributed by atoms with E-state index in [2.05, 4.69) is 48.2 Å². The van der Waals surface area contributed by atoms with Crippen LogP contribution in [0.2, 0.25) is 10.0 Å². The molecule has 5 heteroatoms. The van der Waals surface area contributed by atoms with Gasteiger partial charge in [0.2, 0.25) is 0 Å². The van der Waals surface area contributed by atoms with Crippen LogP contribution in [0.1, 0.15) is 17.5 Å². The van der Waals surface area contributed by atoms with Gasteiger partial charge in [-0.1, -0.05) is 35.3 Å². The number of anilines is 2. The van der Waals surface area contributed by atoms with E-state index in [1.807, 2.05) is 12.1 Å². The Morgan fingerprint density at radius 2 is 1.42 bits per heavy atom. The number of fused-ring (bicyclic) bond motifs is 2. The number of hydrogen-bond acceptors (Lipinski definition) is 2. The first kappa shape index (κ1) is 19.4. The maximum atomic E-state index is 6.28. The maximum Gasteiger partial charge on any atom is 0.0458 e. The molecular formula is C19H23Cl3N2. The molecule has 0 saturated heterocycles. The fraction of sp³-hybridized carbons (Fsp3) is 0.368. The molecule has 0 aromatic heterocycles. The minimum Gasteiger partial charge on any atom is -0.341 e. The summed E-state index contributed by atoms with van der Waals surface area (Å²) in [6.45, 7) is 2.02. The first-order chi connectivity index (χ1) is 11.0. The van der Waals surface area contributed by atoms with Crippen molar-refractivity contribution >= 4 is 47.0 Å². The van der Waals surface area contributed by atoms with Gasteiger partial charge >= 0.3 is 0 Å². The molecule has 2 aromatic rings. The van der Waals surface area contributed by atoms with Gasteiger partial charge in [0.15, 0.2) is 0 Å². The largest absolute Gasteiger partial charge is 0.341 e. The minimum atomic E-state index is 0. The lowest BCUT2D eigenvalue weighted by Crippen LogP contribution is -2.24. The smallest absolute Gasteiger partial charge is 0.0458 e. The fourth-order valence-electron chi connectivity index (χ4n) is 3.18. The molecule has 0 spiro atoms. The van der Waals surface area contributed by atoms with Gasteiger partial charge in [-0.05, 0) is 75.3 Å². The fourth-order valence-corrected chi connectivity index (χ4v) is 3.52. The first-order valence-electron chi connectivity index (χ1n) is 8.04. The highest BCUT2D eigenvalue weighted by molar-refractivity contribution is 6.31. The van der Waals surface area contributed by atoms with Crippen LogP contribution in [-0.2, 0) is 12.8 Å². The van der Waals surface area contributed by atoms with Crippen molar-refractivity contribution in [1.29, 1.82) is 0 Å². The van der Waals surface area contributed by atoms with Gasteiger partial charge in [0.05, 0.1) is 0 Å². The Morgan fingerprint density at radius 3 is 1.88 bits per heavy atom. The van der Waals surface area contributed by atoms with Crippen molar-refractivity contribution in [3.63, 3.8) is 0 Å². The topological polar surface area (TPSA) is 6.48 Å². The van der Waals surface area contributed by atoms with Gasteiger partial charge in [0.25, 0.3) is 0 Å². The van der Waals surface area contributed by atoms with Gasteiger partial charge < -0.3 is 9.80 Å². The van der Waals surface area contributed by atoms with E-state index < -0.39 is 0 Å². The standard InChI is InChI=1S/C19H22Cl2N2.ClH/c1-22(2)10-3-11-23-18-12-16(20)8-6-14(18)4-5-15-7-9-17(21)13-19(15)23;/h6-9,12-13H,3-5,10-11H2,1-2H3;1H. The van der Waals surface area contributed by atoms with Crippen molar-refractivity contribution in [3.05, 3.63) is 57.6 Å². The van der Waals surface area contributed by atoms with Crippen LogP contribution in [0.3, 0.4) is 0 Å². The van der Waals surface area contributed by atoms with E-state index in [0.29, 0.717) is 0 Å².